The molecule has 0 aliphatic carbocycles. The Morgan fingerprint density at radius 3 is 2.85 bits per heavy atom. The summed E-state index contributed by atoms with van der Waals surface area (Å²) in [5.41, 5.74) is 0.744. The van der Waals surface area contributed by atoms with Crippen LogP contribution in [0.4, 0.5) is 11.4 Å². The normalized spacial score (nSPS) is 13.4. The van der Waals surface area contributed by atoms with Gasteiger partial charge in [-0.3, -0.25) is 4.72 Å². The van der Waals surface area contributed by atoms with Crippen molar-refractivity contribution in [1.29, 1.82) is 0 Å². The summed E-state index contributed by atoms with van der Waals surface area (Å²) in [6.07, 6.45) is 0. The molecule has 2 N–H and O–H groups in total. The molecule has 2 heterocycles. The van der Waals surface area contributed by atoms with E-state index < -0.39 is 22.0 Å². The standard InChI is InChI=1S/C16H16N2O7S/c1-3-23-16(20)13-7-14(9(2)24-13)26(21,22)18-10-4-5-12-11(6-10)17-8-15(19)25-12/h4-7,17-18H,3,8H2,1-2H3. The van der Waals surface area contributed by atoms with Crippen LogP contribution in [0, 0.1) is 6.92 Å². The molecule has 0 unspecified atom stereocenters. The molecule has 3 rings (SSSR count). The number of nitrogens with one attached hydrogen (secondary N) is 2. The molecule has 0 saturated heterocycles. The molecule has 0 bridgehead atoms. The van der Waals surface area contributed by atoms with E-state index in [1.165, 1.54) is 25.1 Å². The van der Waals surface area contributed by atoms with Gasteiger partial charge in [-0.2, -0.15) is 0 Å². The molecular formula is C16H16N2O7S. The van der Waals surface area contributed by atoms with Gasteiger partial charge in [-0.1, -0.05) is 0 Å². The van der Waals surface area contributed by atoms with E-state index in [2.05, 4.69) is 10.0 Å². The van der Waals surface area contributed by atoms with Crippen LogP contribution in [-0.2, 0) is 19.6 Å². The van der Waals surface area contributed by atoms with E-state index in [4.69, 9.17) is 13.9 Å². The molecule has 138 valence electrons. The third-order valence-corrected chi connectivity index (χ3v) is 5.01. The van der Waals surface area contributed by atoms with E-state index in [1.807, 2.05) is 0 Å². The minimum atomic E-state index is -4.00. The van der Waals surface area contributed by atoms with Crippen molar-refractivity contribution >= 4 is 33.3 Å². The average Bonchev–Trinajstić information content (AvgIpc) is 2.98. The molecule has 0 fully saturated rings. The SMILES string of the molecule is CCOC(=O)c1cc(S(=O)(=O)Nc2ccc3c(c2)NCC(=O)O3)c(C)o1. The topological polar surface area (TPSA) is 124 Å². The van der Waals surface area contributed by atoms with Gasteiger partial charge in [-0.15, -0.1) is 0 Å². The van der Waals surface area contributed by atoms with Gasteiger partial charge >= 0.3 is 11.9 Å². The van der Waals surface area contributed by atoms with E-state index in [0.29, 0.717) is 11.4 Å². The fraction of sp³-hybridized carbons (Fsp3) is 0.250. The highest BCUT2D eigenvalue weighted by molar-refractivity contribution is 7.92. The Labute approximate surface area is 149 Å². The van der Waals surface area contributed by atoms with Crippen LogP contribution in [-0.4, -0.2) is 33.5 Å². The Balaban J connectivity index is 1.86. The van der Waals surface area contributed by atoms with Gasteiger partial charge in [-0.25, -0.2) is 18.0 Å². The number of fused-ring (bicyclic) bond motifs is 1. The summed E-state index contributed by atoms with van der Waals surface area (Å²) in [5.74, 6) is -0.981. The van der Waals surface area contributed by atoms with Crippen LogP contribution in [0.25, 0.3) is 0 Å². The van der Waals surface area contributed by atoms with Crippen LogP contribution in [0.3, 0.4) is 0 Å². The van der Waals surface area contributed by atoms with Crippen LogP contribution in [0.15, 0.2) is 33.6 Å². The Morgan fingerprint density at radius 1 is 1.35 bits per heavy atom. The second-order valence-corrected chi connectivity index (χ2v) is 7.05. The van der Waals surface area contributed by atoms with E-state index in [0.717, 1.165) is 6.07 Å². The van der Waals surface area contributed by atoms with Crippen molar-refractivity contribution < 1.29 is 31.9 Å². The van der Waals surface area contributed by atoms with Gasteiger partial charge in [0.2, 0.25) is 5.76 Å². The number of carbonyl (C=O) groups excluding carboxylic acids is 2. The molecule has 1 aromatic heterocycles. The van der Waals surface area contributed by atoms with Gasteiger partial charge in [0.15, 0.2) is 5.75 Å². The number of hydrogen-bond donors (Lipinski definition) is 2. The number of esters is 2. The number of aryl methyl sites for hydroxylation is 1. The quantitative estimate of drug-likeness (QED) is 0.595. The monoisotopic (exact) mass is 380 g/mol. The van der Waals surface area contributed by atoms with Gasteiger partial charge < -0.3 is 19.2 Å². The highest BCUT2D eigenvalue weighted by Gasteiger charge is 2.25. The zero-order valence-corrected chi connectivity index (χ0v) is 14.8. The Bertz CT molecular complexity index is 978. The lowest BCUT2D eigenvalue weighted by Gasteiger charge is -2.18. The van der Waals surface area contributed by atoms with E-state index in [1.54, 1.807) is 6.92 Å². The molecule has 2 aromatic rings. The van der Waals surface area contributed by atoms with Crippen molar-refractivity contribution in [3.05, 3.63) is 35.8 Å². The molecule has 9 nitrogen and oxygen atoms in total. The minimum absolute atomic E-state index is 0.00700. The second-order valence-electron chi connectivity index (χ2n) is 5.40. The maximum atomic E-state index is 12.6. The van der Waals surface area contributed by atoms with Gasteiger partial charge in [0.05, 0.1) is 18.0 Å². The number of furan rings is 1. The number of ether oxygens (including phenoxy) is 2. The lowest BCUT2D eigenvalue weighted by atomic mass is 10.2. The Kier molecular flexibility index (Phi) is 4.60. The summed E-state index contributed by atoms with van der Waals surface area (Å²) < 4.78 is 42.6. The summed E-state index contributed by atoms with van der Waals surface area (Å²) in [6, 6.07) is 5.55. The number of anilines is 2. The first-order chi connectivity index (χ1) is 12.3. The van der Waals surface area contributed by atoms with Crippen molar-refractivity contribution in [2.45, 2.75) is 18.7 Å². The number of sulfonamides is 1. The molecular weight excluding hydrogens is 364 g/mol. The lowest BCUT2D eigenvalue weighted by Crippen LogP contribution is -2.25. The van der Waals surface area contributed by atoms with Gasteiger partial charge in [0, 0.05) is 6.07 Å². The smallest absolute Gasteiger partial charge is 0.374 e. The third-order valence-electron chi connectivity index (χ3n) is 3.52. The highest BCUT2D eigenvalue weighted by atomic mass is 32.2. The molecule has 1 aliphatic heterocycles. The first kappa shape index (κ1) is 17.8. The van der Waals surface area contributed by atoms with Crippen molar-refractivity contribution in [3.63, 3.8) is 0 Å². The maximum absolute atomic E-state index is 12.6. The summed E-state index contributed by atoms with van der Waals surface area (Å²) in [5, 5.41) is 2.83. The summed E-state index contributed by atoms with van der Waals surface area (Å²) >= 11 is 0. The molecule has 1 aliphatic rings. The van der Waals surface area contributed by atoms with E-state index in [9.17, 15) is 18.0 Å². The predicted molar refractivity (Wildman–Crippen MR) is 90.8 cm³/mol. The van der Waals surface area contributed by atoms with Crippen molar-refractivity contribution in [1.82, 2.24) is 0 Å². The fourth-order valence-electron chi connectivity index (χ4n) is 2.39. The molecule has 0 atom stereocenters. The van der Waals surface area contributed by atoms with Gasteiger partial charge in [0.1, 0.15) is 17.2 Å². The van der Waals surface area contributed by atoms with Crippen LogP contribution < -0.4 is 14.8 Å². The third kappa shape index (κ3) is 3.49. The van der Waals surface area contributed by atoms with Gasteiger partial charge in [-0.05, 0) is 32.0 Å². The number of rotatable bonds is 5. The Hall–Kier alpha value is -3.01. The number of hydrogen-bond acceptors (Lipinski definition) is 8. The van der Waals surface area contributed by atoms with Crippen LogP contribution in [0.2, 0.25) is 0 Å². The average molecular weight is 380 g/mol. The molecule has 10 heteroatoms. The maximum Gasteiger partial charge on any atom is 0.374 e. The van der Waals surface area contributed by atoms with Crippen molar-refractivity contribution in [2.75, 3.05) is 23.2 Å². The first-order valence-electron chi connectivity index (χ1n) is 7.69. The van der Waals surface area contributed by atoms with Crippen molar-refractivity contribution in [2.24, 2.45) is 0 Å². The molecule has 1 aromatic carbocycles. The molecule has 0 radical (unpaired) electrons. The summed E-state index contributed by atoms with van der Waals surface area (Å²) in [4.78, 5) is 22.8. The highest BCUT2D eigenvalue weighted by Crippen LogP contribution is 2.32. The van der Waals surface area contributed by atoms with Gasteiger partial charge in [0.25, 0.3) is 10.0 Å². The van der Waals surface area contributed by atoms with Crippen LogP contribution in [0.1, 0.15) is 23.2 Å². The number of benzene rings is 1. The van der Waals surface area contributed by atoms with E-state index in [-0.39, 0.29) is 35.3 Å². The fourth-order valence-corrected chi connectivity index (χ4v) is 3.62. The molecule has 0 spiro atoms. The number of carbonyl (C=O) groups is 2. The first-order valence-corrected chi connectivity index (χ1v) is 9.17. The Morgan fingerprint density at radius 2 is 2.12 bits per heavy atom. The molecule has 0 amide bonds. The zero-order valence-electron chi connectivity index (χ0n) is 14.0. The summed E-state index contributed by atoms with van der Waals surface area (Å²) in [7, 11) is -4.00. The largest absolute Gasteiger partial charge is 0.460 e. The predicted octanol–water partition coefficient (Wildman–Crippen LogP) is 1.90. The molecule has 0 saturated carbocycles. The van der Waals surface area contributed by atoms with Crippen LogP contribution in [0.5, 0.6) is 5.75 Å². The van der Waals surface area contributed by atoms with Crippen LogP contribution >= 0.6 is 0 Å². The van der Waals surface area contributed by atoms with E-state index >= 15 is 0 Å². The second kappa shape index (κ2) is 6.71. The molecule has 26 heavy (non-hydrogen) atoms. The van der Waals surface area contributed by atoms with Crippen molar-refractivity contribution in [3.8, 4) is 5.75 Å². The lowest BCUT2D eigenvalue weighted by molar-refractivity contribution is -0.132. The summed E-state index contributed by atoms with van der Waals surface area (Å²) in [6.45, 7) is 3.21. The zero-order chi connectivity index (χ0) is 18.9. The minimum Gasteiger partial charge on any atom is -0.460 e.